The molecule has 0 saturated carbocycles. The topological polar surface area (TPSA) is 51.5 Å². The van der Waals surface area contributed by atoms with Crippen LogP contribution in [0.4, 0.5) is 0 Å². The van der Waals surface area contributed by atoms with Gasteiger partial charge in [-0.15, -0.1) is 0 Å². The summed E-state index contributed by atoms with van der Waals surface area (Å²) in [7, 11) is 1.59. The maximum absolute atomic E-state index is 12.6. The molecule has 0 saturated heterocycles. The summed E-state index contributed by atoms with van der Waals surface area (Å²) in [6.07, 6.45) is 3.52. The van der Waals surface area contributed by atoms with Crippen LogP contribution in [0.25, 0.3) is 11.0 Å². The minimum atomic E-state index is -0.216. The lowest BCUT2D eigenvalue weighted by Gasteiger charge is -2.14. The molecule has 25 heavy (non-hydrogen) atoms. The number of ether oxygens (including phenoxy) is 1. The van der Waals surface area contributed by atoms with Gasteiger partial charge in [-0.2, -0.15) is 0 Å². The quantitative estimate of drug-likeness (QED) is 0.768. The fourth-order valence-corrected chi connectivity index (χ4v) is 3.52. The first kappa shape index (κ1) is 15.8. The Morgan fingerprint density at radius 2 is 2.00 bits per heavy atom. The molecule has 1 N–H and O–H groups in total. The van der Waals surface area contributed by atoms with Gasteiger partial charge in [0.2, 0.25) is 0 Å². The van der Waals surface area contributed by atoms with E-state index in [2.05, 4.69) is 23.5 Å². The van der Waals surface area contributed by atoms with Gasteiger partial charge in [0.1, 0.15) is 0 Å². The first-order valence-electron chi connectivity index (χ1n) is 8.65. The van der Waals surface area contributed by atoms with Crippen molar-refractivity contribution in [1.82, 2.24) is 5.32 Å². The fourth-order valence-electron chi connectivity index (χ4n) is 3.52. The Hall–Kier alpha value is -2.75. The lowest BCUT2D eigenvalue weighted by molar-refractivity contribution is 0.0914. The van der Waals surface area contributed by atoms with Crippen LogP contribution < -0.4 is 10.1 Å². The second kappa shape index (κ2) is 6.28. The maximum atomic E-state index is 12.6. The van der Waals surface area contributed by atoms with Gasteiger partial charge < -0.3 is 14.5 Å². The summed E-state index contributed by atoms with van der Waals surface area (Å²) in [6, 6.07) is 13.8. The van der Waals surface area contributed by atoms with Crippen LogP contribution in [0.1, 0.15) is 46.6 Å². The van der Waals surface area contributed by atoms with Crippen molar-refractivity contribution in [3.05, 3.63) is 64.9 Å². The number of aryl methyl sites for hydroxylation is 2. The molecule has 4 rings (SSSR count). The van der Waals surface area contributed by atoms with Crippen molar-refractivity contribution in [2.75, 3.05) is 7.11 Å². The van der Waals surface area contributed by atoms with E-state index >= 15 is 0 Å². The van der Waals surface area contributed by atoms with Crippen molar-refractivity contribution >= 4 is 16.9 Å². The maximum Gasteiger partial charge on any atom is 0.287 e. The summed E-state index contributed by atoms with van der Waals surface area (Å²) in [5.74, 6) is 0.710. The summed E-state index contributed by atoms with van der Waals surface area (Å²) in [5.41, 5.74) is 4.57. The Morgan fingerprint density at radius 3 is 2.84 bits per heavy atom. The zero-order chi connectivity index (χ0) is 17.4. The molecule has 4 nitrogen and oxygen atoms in total. The summed E-state index contributed by atoms with van der Waals surface area (Å²) in [6.45, 7) is 2.00. The highest BCUT2D eigenvalue weighted by atomic mass is 16.5. The summed E-state index contributed by atoms with van der Waals surface area (Å²) in [5, 5.41) is 3.88. The Labute approximate surface area is 146 Å². The third kappa shape index (κ3) is 2.88. The predicted octanol–water partition coefficient (Wildman–Crippen LogP) is 4.42. The normalized spacial score (nSPS) is 14.3. The molecular weight excluding hydrogens is 314 g/mol. The number of fused-ring (bicyclic) bond motifs is 2. The van der Waals surface area contributed by atoms with Crippen LogP contribution in [0.2, 0.25) is 0 Å². The highest BCUT2D eigenvalue weighted by Gasteiger charge is 2.19. The number of nitrogens with one attached hydrogen (secondary N) is 1. The van der Waals surface area contributed by atoms with Gasteiger partial charge in [0.25, 0.3) is 5.91 Å². The molecule has 1 aromatic heterocycles. The van der Waals surface area contributed by atoms with Crippen LogP contribution in [-0.2, 0) is 12.8 Å². The molecule has 1 aliphatic carbocycles. The highest BCUT2D eigenvalue weighted by molar-refractivity contribution is 5.97. The second-order valence-electron chi connectivity index (χ2n) is 6.57. The molecule has 1 aliphatic rings. The van der Waals surface area contributed by atoms with Crippen LogP contribution in [0.15, 0.2) is 46.9 Å². The Balaban J connectivity index is 1.55. The van der Waals surface area contributed by atoms with Crippen molar-refractivity contribution in [2.45, 2.75) is 32.2 Å². The molecule has 0 aliphatic heterocycles. The number of amides is 1. The number of furan rings is 1. The van der Waals surface area contributed by atoms with E-state index in [4.69, 9.17) is 9.15 Å². The monoisotopic (exact) mass is 335 g/mol. The van der Waals surface area contributed by atoms with Gasteiger partial charge in [0.05, 0.1) is 13.2 Å². The van der Waals surface area contributed by atoms with Crippen molar-refractivity contribution < 1.29 is 13.9 Å². The molecule has 0 bridgehead atoms. The van der Waals surface area contributed by atoms with E-state index in [1.807, 2.05) is 25.1 Å². The van der Waals surface area contributed by atoms with E-state index in [-0.39, 0.29) is 11.9 Å². The zero-order valence-corrected chi connectivity index (χ0v) is 14.5. The Kier molecular flexibility index (Phi) is 3.96. The van der Waals surface area contributed by atoms with Crippen molar-refractivity contribution in [3.63, 3.8) is 0 Å². The van der Waals surface area contributed by atoms with Crippen LogP contribution in [0, 0.1) is 0 Å². The van der Waals surface area contributed by atoms with Gasteiger partial charge in [-0.1, -0.05) is 30.3 Å². The number of hydrogen-bond acceptors (Lipinski definition) is 3. The number of hydrogen-bond donors (Lipinski definition) is 1. The zero-order valence-electron chi connectivity index (χ0n) is 14.5. The van der Waals surface area contributed by atoms with Crippen molar-refractivity contribution in [3.8, 4) is 5.75 Å². The van der Waals surface area contributed by atoms with Gasteiger partial charge >= 0.3 is 0 Å². The number of para-hydroxylation sites is 1. The van der Waals surface area contributed by atoms with E-state index < -0.39 is 0 Å². The van der Waals surface area contributed by atoms with Gasteiger partial charge in [-0.05, 0) is 55.0 Å². The van der Waals surface area contributed by atoms with E-state index in [9.17, 15) is 4.79 Å². The molecule has 2 aromatic carbocycles. The number of methoxy groups -OCH3 is 1. The number of carbonyl (C=O) groups excluding carboxylic acids is 1. The molecule has 0 fully saturated rings. The van der Waals surface area contributed by atoms with E-state index in [0.717, 1.165) is 23.8 Å². The van der Waals surface area contributed by atoms with Crippen LogP contribution in [-0.4, -0.2) is 13.0 Å². The Bertz CT molecular complexity index is 941. The molecule has 1 amide bonds. The number of benzene rings is 2. The summed E-state index contributed by atoms with van der Waals surface area (Å²) >= 11 is 0. The van der Waals surface area contributed by atoms with Crippen molar-refractivity contribution in [2.24, 2.45) is 0 Å². The molecule has 4 heteroatoms. The minimum absolute atomic E-state index is 0.0755. The predicted molar refractivity (Wildman–Crippen MR) is 97.1 cm³/mol. The van der Waals surface area contributed by atoms with Crippen LogP contribution in [0.3, 0.4) is 0 Å². The van der Waals surface area contributed by atoms with E-state index in [1.165, 1.54) is 17.5 Å². The second-order valence-corrected chi connectivity index (χ2v) is 6.57. The first-order chi connectivity index (χ1) is 12.2. The van der Waals surface area contributed by atoms with Gasteiger partial charge in [0.15, 0.2) is 17.1 Å². The van der Waals surface area contributed by atoms with Crippen molar-refractivity contribution in [1.29, 1.82) is 0 Å². The Morgan fingerprint density at radius 1 is 1.16 bits per heavy atom. The van der Waals surface area contributed by atoms with Gasteiger partial charge in [-0.25, -0.2) is 0 Å². The molecule has 128 valence electrons. The molecule has 3 aromatic rings. The summed E-state index contributed by atoms with van der Waals surface area (Å²) in [4.78, 5) is 12.6. The van der Waals surface area contributed by atoms with Crippen LogP contribution in [0.5, 0.6) is 5.75 Å². The summed E-state index contributed by atoms with van der Waals surface area (Å²) < 4.78 is 11.0. The van der Waals surface area contributed by atoms with Gasteiger partial charge in [0, 0.05) is 5.39 Å². The van der Waals surface area contributed by atoms with Crippen LogP contribution >= 0.6 is 0 Å². The van der Waals surface area contributed by atoms with E-state index in [0.29, 0.717) is 17.1 Å². The highest BCUT2D eigenvalue weighted by Crippen LogP contribution is 2.29. The molecule has 1 atom stereocenters. The smallest absolute Gasteiger partial charge is 0.287 e. The average Bonchev–Trinajstić information content (AvgIpc) is 3.26. The lowest BCUT2D eigenvalue weighted by Crippen LogP contribution is -2.26. The lowest BCUT2D eigenvalue weighted by atomic mass is 10.0. The third-order valence-electron chi connectivity index (χ3n) is 4.92. The minimum Gasteiger partial charge on any atom is -0.493 e. The van der Waals surface area contributed by atoms with E-state index in [1.54, 1.807) is 13.2 Å². The molecule has 0 spiro atoms. The standard InChI is InChI=1S/C21H21NO3/c1-13(15-10-9-14-5-3-6-16(14)11-15)22-21(23)19-12-17-7-4-8-18(24-2)20(17)25-19/h4,7-13H,3,5-6H2,1-2H3,(H,22,23)/t13-/m0/s1. The number of carbonyl (C=O) groups is 1. The molecule has 1 heterocycles. The fraction of sp³-hybridized carbons (Fsp3) is 0.286. The number of rotatable bonds is 4. The molecule has 0 radical (unpaired) electrons. The molecule has 0 unspecified atom stereocenters. The SMILES string of the molecule is COc1cccc2cc(C(=O)N[C@@H](C)c3ccc4c(c3)CCC4)oc12. The largest absolute Gasteiger partial charge is 0.493 e. The van der Waals surface area contributed by atoms with Gasteiger partial charge in [-0.3, -0.25) is 4.79 Å². The molecular formula is C21H21NO3. The first-order valence-corrected chi connectivity index (χ1v) is 8.65. The average molecular weight is 335 g/mol. The third-order valence-corrected chi connectivity index (χ3v) is 4.92.